The lowest BCUT2D eigenvalue weighted by atomic mass is 10.2. The Kier molecular flexibility index (Phi) is 3.97. The SMILES string of the molecule is CCc1cn[nH]c1NC(=O)/C=C/c1ccc(N)cc1. The van der Waals surface area contributed by atoms with E-state index < -0.39 is 0 Å². The summed E-state index contributed by atoms with van der Waals surface area (Å²) in [4.78, 5) is 11.7. The quantitative estimate of drug-likeness (QED) is 0.579. The van der Waals surface area contributed by atoms with Crippen molar-refractivity contribution < 1.29 is 4.79 Å². The van der Waals surface area contributed by atoms with Gasteiger partial charge in [0.25, 0.3) is 0 Å². The van der Waals surface area contributed by atoms with Crippen molar-refractivity contribution in [3.8, 4) is 0 Å². The summed E-state index contributed by atoms with van der Waals surface area (Å²) < 4.78 is 0. The van der Waals surface area contributed by atoms with E-state index in [9.17, 15) is 4.79 Å². The van der Waals surface area contributed by atoms with Gasteiger partial charge in [-0.1, -0.05) is 19.1 Å². The largest absolute Gasteiger partial charge is 0.399 e. The minimum absolute atomic E-state index is 0.198. The van der Waals surface area contributed by atoms with Crippen LogP contribution >= 0.6 is 0 Å². The summed E-state index contributed by atoms with van der Waals surface area (Å²) in [5.74, 6) is 0.449. The van der Waals surface area contributed by atoms with Crippen LogP contribution in [0.15, 0.2) is 36.5 Å². The fourth-order valence-corrected chi connectivity index (χ4v) is 1.63. The normalized spacial score (nSPS) is 10.8. The molecule has 0 atom stereocenters. The highest BCUT2D eigenvalue weighted by atomic mass is 16.1. The highest BCUT2D eigenvalue weighted by molar-refractivity contribution is 6.01. The second-order valence-electron chi connectivity index (χ2n) is 4.11. The number of aromatic amines is 1. The van der Waals surface area contributed by atoms with Crippen molar-refractivity contribution in [3.05, 3.63) is 47.7 Å². The zero-order valence-corrected chi connectivity index (χ0v) is 10.7. The Morgan fingerprint density at radius 1 is 1.42 bits per heavy atom. The molecule has 98 valence electrons. The summed E-state index contributed by atoms with van der Waals surface area (Å²) in [5.41, 5.74) is 8.19. The number of hydrogen-bond acceptors (Lipinski definition) is 3. The predicted molar refractivity (Wildman–Crippen MR) is 76.5 cm³/mol. The van der Waals surface area contributed by atoms with E-state index in [4.69, 9.17) is 5.73 Å². The predicted octanol–water partition coefficient (Wildman–Crippen LogP) is 2.21. The van der Waals surface area contributed by atoms with E-state index >= 15 is 0 Å². The Labute approximate surface area is 111 Å². The molecule has 2 rings (SSSR count). The third-order valence-electron chi connectivity index (χ3n) is 2.71. The van der Waals surface area contributed by atoms with Gasteiger partial charge in [0, 0.05) is 17.3 Å². The van der Waals surface area contributed by atoms with Crippen molar-refractivity contribution in [1.82, 2.24) is 10.2 Å². The van der Waals surface area contributed by atoms with E-state index in [0.29, 0.717) is 11.5 Å². The maximum atomic E-state index is 11.7. The number of hydrogen-bond donors (Lipinski definition) is 3. The minimum atomic E-state index is -0.198. The van der Waals surface area contributed by atoms with Gasteiger partial charge in [0.15, 0.2) is 0 Å². The van der Waals surface area contributed by atoms with E-state index in [2.05, 4.69) is 15.5 Å². The number of carbonyl (C=O) groups excluding carboxylic acids is 1. The molecule has 0 aliphatic rings. The minimum Gasteiger partial charge on any atom is -0.399 e. The van der Waals surface area contributed by atoms with Crippen LogP contribution in [0.2, 0.25) is 0 Å². The average Bonchev–Trinajstić information content (AvgIpc) is 2.85. The van der Waals surface area contributed by atoms with E-state index in [-0.39, 0.29) is 5.91 Å². The molecule has 1 aromatic carbocycles. The molecule has 1 heterocycles. The first-order valence-corrected chi connectivity index (χ1v) is 6.06. The number of nitrogens with two attached hydrogens (primary N) is 1. The van der Waals surface area contributed by atoms with Crippen molar-refractivity contribution in [2.24, 2.45) is 0 Å². The first kappa shape index (κ1) is 12.9. The van der Waals surface area contributed by atoms with Gasteiger partial charge in [0.05, 0.1) is 6.20 Å². The number of aromatic nitrogens is 2. The number of nitrogens with zero attached hydrogens (tertiary/aromatic N) is 1. The van der Waals surface area contributed by atoms with E-state index in [1.54, 1.807) is 24.4 Å². The summed E-state index contributed by atoms with van der Waals surface area (Å²) in [6, 6.07) is 7.29. The second kappa shape index (κ2) is 5.86. The van der Waals surface area contributed by atoms with Gasteiger partial charge in [-0.2, -0.15) is 5.10 Å². The van der Waals surface area contributed by atoms with Gasteiger partial charge < -0.3 is 11.1 Å². The summed E-state index contributed by atoms with van der Waals surface area (Å²) in [6.07, 6.45) is 5.73. The highest BCUT2D eigenvalue weighted by Crippen LogP contribution is 2.11. The molecule has 5 heteroatoms. The monoisotopic (exact) mass is 256 g/mol. The number of nitrogens with one attached hydrogen (secondary N) is 2. The van der Waals surface area contributed by atoms with Crippen molar-refractivity contribution in [2.75, 3.05) is 11.1 Å². The van der Waals surface area contributed by atoms with E-state index in [0.717, 1.165) is 17.5 Å². The fourth-order valence-electron chi connectivity index (χ4n) is 1.63. The first-order valence-electron chi connectivity index (χ1n) is 6.06. The molecule has 0 spiro atoms. The van der Waals surface area contributed by atoms with Crippen LogP contribution in [0.5, 0.6) is 0 Å². The third-order valence-corrected chi connectivity index (χ3v) is 2.71. The number of benzene rings is 1. The zero-order valence-electron chi connectivity index (χ0n) is 10.7. The number of rotatable bonds is 4. The van der Waals surface area contributed by atoms with Crippen LogP contribution in [-0.4, -0.2) is 16.1 Å². The Hall–Kier alpha value is -2.56. The average molecular weight is 256 g/mol. The number of aryl methyl sites for hydroxylation is 1. The van der Waals surface area contributed by atoms with Gasteiger partial charge in [-0.05, 0) is 30.2 Å². The highest BCUT2D eigenvalue weighted by Gasteiger charge is 2.04. The molecule has 4 N–H and O–H groups in total. The molecule has 0 saturated heterocycles. The van der Waals surface area contributed by atoms with Crippen LogP contribution in [0.3, 0.4) is 0 Å². The molecular formula is C14H16N4O. The maximum absolute atomic E-state index is 11.7. The lowest BCUT2D eigenvalue weighted by Crippen LogP contribution is -2.09. The molecule has 1 amide bonds. The van der Waals surface area contributed by atoms with Gasteiger partial charge in [-0.15, -0.1) is 0 Å². The molecule has 0 aliphatic heterocycles. The van der Waals surface area contributed by atoms with Gasteiger partial charge in [0.1, 0.15) is 5.82 Å². The molecule has 0 radical (unpaired) electrons. The Bertz CT molecular complexity index is 584. The van der Waals surface area contributed by atoms with Crippen LogP contribution in [0.4, 0.5) is 11.5 Å². The number of amides is 1. The molecule has 0 saturated carbocycles. The lowest BCUT2D eigenvalue weighted by Gasteiger charge is -2.01. The van der Waals surface area contributed by atoms with Crippen molar-refractivity contribution in [3.63, 3.8) is 0 Å². The Morgan fingerprint density at radius 3 is 2.84 bits per heavy atom. The summed E-state index contributed by atoms with van der Waals surface area (Å²) in [5, 5.41) is 9.41. The van der Waals surface area contributed by atoms with Crippen LogP contribution in [0, 0.1) is 0 Å². The summed E-state index contributed by atoms with van der Waals surface area (Å²) in [7, 11) is 0. The molecular weight excluding hydrogens is 240 g/mol. The van der Waals surface area contributed by atoms with Gasteiger partial charge in [0.2, 0.25) is 5.91 Å². The lowest BCUT2D eigenvalue weighted by molar-refractivity contribution is -0.111. The van der Waals surface area contributed by atoms with Crippen molar-refractivity contribution >= 4 is 23.5 Å². The molecule has 1 aromatic heterocycles. The van der Waals surface area contributed by atoms with Gasteiger partial charge in [-0.3, -0.25) is 9.89 Å². The molecule has 0 fully saturated rings. The van der Waals surface area contributed by atoms with Gasteiger partial charge >= 0.3 is 0 Å². The fraction of sp³-hybridized carbons (Fsp3) is 0.143. The standard InChI is InChI=1S/C14H16N4O/c1-2-11-9-16-18-14(11)17-13(19)8-5-10-3-6-12(15)7-4-10/h3-9H,2,15H2,1H3,(H2,16,17,18,19)/b8-5+. The smallest absolute Gasteiger partial charge is 0.249 e. The molecule has 0 bridgehead atoms. The molecule has 2 aromatic rings. The second-order valence-corrected chi connectivity index (χ2v) is 4.11. The summed E-state index contributed by atoms with van der Waals surface area (Å²) in [6.45, 7) is 2.00. The molecule has 0 aliphatic carbocycles. The van der Waals surface area contributed by atoms with Crippen molar-refractivity contribution in [1.29, 1.82) is 0 Å². The topological polar surface area (TPSA) is 83.8 Å². The van der Waals surface area contributed by atoms with Crippen LogP contribution in [0.25, 0.3) is 6.08 Å². The van der Waals surface area contributed by atoms with Gasteiger partial charge in [-0.25, -0.2) is 0 Å². The Morgan fingerprint density at radius 2 is 2.16 bits per heavy atom. The maximum Gasteiger partial charge on any atom is 0.249 e. The van der Waals surface area contributed by atoms with Crippen molar-refractivity contribution in [2.45, 2.75) is 13.3 Å². The van der Waals surface area contributed by atoms with Crippen LogP contribution < -0.4 is 11.1 Å². The number of anilines is 2. The van der Waals surface area contributed by atoms with E-state index in [1.807, 2.05) is 19.1 Å². The zero-order chi connectivity index (χ0) is 13.7. The number of nitrogen functional groups attached to an aromatic ring is 1. The molecule has 19 heavy (non-hydrogen) atoms. The first-order chi connectivity index (χ1) is 9.19. The van der Waals surface area contributed by atoms with E-state index in [1.165, 1.54) is 6.08 Å². The number of carbonyl (C=O) groups is 1. The third kappa shape index (κ3) is 3.45. The summed E-state index contributed by atoms with van der Waals surface area (Å²) >= 11 is 0. The van der Waals surface area contributed by atoms with Crippen LogP contribution in [-0.2, 0) is 11.2 Å². The number of H-pyrrole nitrogens is 1. The molecule has 0 unspecified atom stereocenters. The Balaban J connectivity index is 1.99. The van der Waals surface area contributed by atoms with Crippen LogP contribution in [0.1, 0.15) is 18.1 Å². The molecule has 5 nitrogen and oxygen atoms in total.